The topological polar surface area (TPSA) is 108 Å². The number of nitrogens with zero attached hydrogens (tertiary/aromatic N) is 1. The van der Waals surface area contributed by atoms with Gasteiger partial charge in [-0.05, 0) is 109 Å². The number of hydrogen-bond donors (Lipinski definition) is 1. The van der Waals surface area contributed by atoms with Gasteiger partial charge in [-0.1, -0.05) is 309 Å². The molecule has 0 amide bonds. The normalized spacial score (nSPS) is 13.8. The van der Waals surface area contributed by atoms with Crippen molar-refractivity contribution in [2.75, 3.05) is 47.5 Å². The molecule has 0 aromatic rings. The SMILES string of the molecule is CC/C=C\C/C=C\C/C=C\C/C=C\C/C=C\C/C=C\C/C=C\C/C=C\C/C=C\CCCCCCCCCCCCCCCC(=O)OC(COC(=O)CCCCCCCCCCCCC/C=C\CCCCCCCCCC)COP(=O)(O)OCC[N+](C)(C)C. The summed E-state index contributed by atoms with van der Waals surface area (Å²) in [4.78, 5) is 35.9. The highest BCUT2D eigenvalue weighted by Crippen LogP contribution is 2.43. The predicted molar refractivity (Wildman–Crippen MR) is 381 cm³/mol. The van der Waals surface area contributed by atoms with Gasteiger partial charge in [0.25, 0.3) is 0 Å². The van der Waals surface area contributed by atoms with Crippen LogP contribution >= 0.6 is 7.82 Å². The molecule has 0 radical (unpaired) electrons. The molecule has 0 aliphatic carbocycles. The zero-order valence-corrected chi connectivity index (χ0v) is 58.6. The first kappa shape index (κ1) is 84.4. The van der Waals surface area contributed by atoms with Crippen LogP contribution in [0.3, 0.4) is 0 Å². The number of carbonyl (C=O) groups excluding carboxylic acids is 2. The number of ether oxygens (including phenoxy) is 2. The lowest BCUT2D eigenvalue weighted by Gasteiger charge is -2.24. The largest absolute Gasteiger partial charge is 0.472 e. The first-order valence-corrected chi connectivity index (χ1v) is 37.8. The third-order valence-corrected chi connectivity index (χ3v) is 16.5. The number of likely N-dealkylation sites (N-methyl/N-ethyl adjacent to an activating group) is 1. The Hall–Kier alpha value is -3.59. The molecule has 2 unspecified atom stereocenters. The van der Waals surface area contributed by atoms with E-state index in [1.165, 1.54) is 180 Å². The Labute approximate surface area is 543 Å². The molecule has 0 aliphatic rings. The number of unbranched alkanes of at least 4 members (excludes halogenated alkanes) is 32. The van der Waals surface area contributed by atoms with Crippen LogP contribution in [-0.2, 0) is 32.7 Å². The van der Waals surface area contributed by atoms with E-state index in [1.807, 2.05) is 21.1 Å². The summed E-state index contributed by atoms with van der Waals surface area (Å²) in [7, 11) is 1.48. The van der Waals surface area contributed by atoms with Crippen molar-refractivity contribution in [2.24, 2.45) is 0 Å². The number of hydrogen-bond acceptors (Lipinski definition) is 7. The highest BCUT2D eigenvalue weighted by molar-refractivity contribution is 7.47. The number of phosphoric ester groups is 1. The fourth-order valence-corrected chi connectivity index (χ4v) is 10.7. The van der Waals surface area contributed by atoms with E-state index in [4.69, 9.17) is 18.5 Å². The van der Waals surface area contributed by atoms with E-state index in [1.54, 1.807) is 0 Å². The Bertz CT molecular complexity index is 1900. The van der Waals surface area contributed by atoms with Gasteiger partial charge < -0.3 is 18.9 Å². The van der Waals surface area contributed by atoms with Gasteiger partial charge in [-0.15, -0.1) is 0 Å². The van der Waals surface area contributed by atoms with Crippen LogP contribution in [0, 0.1) is 0 Å². The van der Waals surface area contributed by atoms with Gasteiger partial charge in [0.1, 0.15) is 19.8 Å². The number of esters is 2. The van der Waals surface area contributed by atoms with Crippen LogP contribution in [0.15, 0.2) is 122 Å². The molecule has 0 saturated carbocycles. The molecule has 0 aliphatic heterocycles. The van der Waals surface area contributed by atoms with Crippen LogP contribution in [0.4, 0.5) is 0 Å². The molecule has 0 heterocycles. The number of allylic oxidation sites excluding steroid dienone is 20. The summed E-state index contributed by atoms with van der Waals surface area (Å²) in [5.74, 6) is -0.794. The molecule has 10 heteroatoms. The second-order valence-electron chi connectivity index (χ2n) is 25.2. The Morgan fingerprint density at radius 1 is 0.364 bits per heavy atom. The Morgan fingerprint density at radius 3 is 0.977 bits per heavy atom. The molecular weight excluding hydrogens is 1110 g/mol. The van der Waals surface area contributed by atoms with Crippen LogP contribution in [-0.4, -0.2) is 74.9 Å². The molecular formula is C78H137NO8P+. The van der Waals surface area contributed by atoms with E-state index in [2.05, 4.69) is 135 Å². The molecule has 0 rings (SSSR count). The molecule has 0 fully saturated rings. The van der Waals surface area contributed by atoms with Crippen molar-refractivity contribution in [3.05, 3.63) is 122 Å². The van der Waals surface area contributed by atoms with Crippen molar-refractivity contribution in [1.82, 2.24) is 0 Å². The van der Waals surface area contributed by atoms with E-state index in [9.17, 15) is 19.0 Å². The molecule has 0 aromatic heterocycles. The fourth-order valence-electron chi connectivity index (χ4n) is 9.95. The number of quaternary nitrogens is 1. The first-order valence-electron chi connectivity index (χ1n) is 36.3. The van der Waals surface area contributed by atoms with Gasteiger partial charge in [-0.25, -0.2) is 4.57 Å². The zero-order chi connectivity index (χ0) is 64.1. The van der Waals surface area contributed by atoms with Gasteiger partial charge in [0.2, 0.25) is 0 Å². The zero-order valence-electron chi connectivity index (χ0n) is 57.7. The van der Waals surface area contributed by atoms with Gasteiger partial charge in [-0.3, -0.25) is 18.6 Å². The third-order valence-electron chi connectivity index (χ3n) is 15.5. The van der Waals surface area contributed by atoms with Crippen molar-refractivity contribution in [1.29, 1.82) is 0 Å². The molecule has 0 saturated heterocycles. The minimum absolute atomic E-state index is 0.0282. The quantitative estimate of drug-likeness (QED) is 0.0211. The molecule has 0 bridgehead atoms. The summed E-state index contributed by atoms with van der Waals surface area (Å²) >= 11 is 0. The summed E-state index contributed by atoms with van der Waals surface area (Å²) in [6.45, 7) is 4.34. The summed E-state index contributed by atoms with van der Waals surface area (Å²) < 4.78 is 34.7. The minimum Gasteiger partial charge on any atom is -0.462 e. The van der Waals surface area contributed by atoms with Gasteiger partial charge in [0, 0.05) is 12.8 Å². The van der Waals surface area contributed by atoms with Crippen LogP contribution in [0.5, 0.6) is 0 Å². The Morgan fingerprint density at radius 2 is 0.648 bits per heavy atom. The first-order chi connectivity index (χ1) is 43.0. The molecule has 2 atom stereocenters. The van der Waals surface area contributed by atoms with Crippen molar-refractivity contribution in [2.45, 2.75) is 315 Å². The summed E-state index contributed by atoms with van der Waals surface area (Å²) in [5, 5.41) is 0. The molecule has 9 nitrogen and oxygen atoms in total. The second-order valence-corrected chi connectivity index (χ2v) is 26.7. The maximum absolute atomic E-state index is 12.9. The minimum atomic E-state index is -4.40. The standard InChI is InChI=1S/C78H136NO8P/c1-6-8-10-12-14-16-18-20-22-24-26-28-30-31-32-33-34-35-36-37-38-39-40-41-42-43-44-45-46-47-49-51-53-55-57-59-61-63-65-67-69-71-78(81)87-76(75-86-88(82,83)85-73-72-79(3,4)5)74-84-77(80)70-68-66-64-62-60-58-56-54-52-50-48-29-27-25-23-21-19-17-15-13-11-9-7-2/h8,10,14,16,20,22,25-28,31-32,34-35,37-38,40-41,43-44,76H,6-7,9,11-13,15,17-19,21,23-24,29-30,33,36,39,42,45-75H2,1-5H3/p+1/b10-8-,16-14-,22-20-,27-25-,28-26-,32-31-,35-34-,38-37-,41-40-,44-43-. The van der Waals surface area contributed by atoms with Gasteiger partial charge in [-0.2, -0.15) is 0 Å². The molecule has 1 N–H and O–H groups in total. The van der Waals surface area contributed by atoms with Crippen LogP contribution in [0.2, 0.25) is 0 Å². The monoisotopic (exact) mass is 1250 g/mol. The van der Waals surface area contributed by atoms with Crippen LogP contribution < -0.4 is 0 Å². The van der Waals surface area contributed by atoms with E-state index in [0.717, 1.165) is 96.3 Å². The number of carbonyl (C=O) groups is 2. The van der Waals surface area contributed by atoms with Gasteiger partial charge in [0.15, 0.2) is 6.10 Å². The van der Waals surface area contributed by atoms with Crippen molar-refractivity contribution in [3.8, 4) is 0 Å². The van der Waals surface area contributed by atoms with E-state index >= 15 is 0 Å². The number of rotatable bonds is 66. The van der Waals surface area contributed by atoms with Crippen molar-refractivity contribution in [3.63, 3.8) is 0 Å². The van der Waals surface area contributed by atoms with E-state index in [0.29, 0.717) is 17.4 Å². The van der Waals surface area contributed by atoms with Gasteiger partial charge >= 0.3 is 19.8 Å². The second kappa shape index (κ2) is 67.8. The molecule has 0 aromatic carbocycles. The summed E-state index contributed by atoms with van der Waals surface area (Å²) in [6, 6.07) is 0. The average molecular weight is 1250 g/mol. The maximum Gasteiger partial charge on any atom is 0.472 e. The van der Waals surface area contributed by atoms with Crippen LogP contribution in [0.25, 0.3) is 0 Å². The Balaban J connectivity index is 4.04. The van der Waals surface area contributed by atoms with E-state index < -0.39 is 26.5 Å². The highest BCUT2D eigenvalue weighted by atomic mass is 31.2. The lowest BCUT2D eigenvalue weighted by molar-refractivity contribution is -0.870. The van der Waals surface area contributed by atoms with Crippen LogP contribution in [0.1, 0.15) is 309 Å². The molecule has 506 valence electrons. The lowest BCUT2D eigenvalue weighted by Crippen LogP contribution is -2.37. The number of phosphoric acid groups is 1. The maximum atomic E-state index is 12.9. The van der Waals surface area contributed by atoms with Crippen molar-refractivity contribution >= 4 is 19.8 Å². The Kier molecular flexibility index (Phi) is 65.0. The summed E-state index contributed by atoms with van der Waals surface area (Å²) in [5.41, 5.74) is 0. The smallest absolute Gasteiger partial charge is 0.462 e. The van der Waals surface area contributed by atoms with Gasteiger partial charge in [0.05, 0.1) is 27.7 Å². The molecule has 88 heavy (non-hydrogen) atoms. The fraction of sp³-hybridized carbons (Fsp3) is 0.718. The summed E-state index contributed by atoms with van der Waals surface area (Å²) in [6.07, 6.45) is 97.3. The van der Waals surface area contributed by atoms with E-state index in [-0.39, 0.29) is 32.0 Å². The van der Waals surface area contributed by atoms with Crippen molar-refractivity contribution < 1.29 is 42.1 Å². The lowest BCUT2D eigenvalue weighted by atomic mass is 10.0. The highest BCUT2D eigenvalue weighted by Gasteiger charge is 2.27. The third kappa shape index (κ3) is 71.5. The average Bonchev–Trinajstić information content (AvgIpc) is 3.58. The molecule has 0 spiro atoms. The predicted octanol–water partition coefficient (Wildman–Crippen LogP) is 23.8.